The highest BCUT2D eigenvalue weighted by molar-refractivity contribution is 5.37. The molecule has 4 rings (SSSR count). The normalized spacial score (nSPS) is 31.5. The lowest BCUT2D eigenvalue weighted by atomic mass is 9.88. The van der Waals surface area contributed by atoms with Crippen molar-refractivity contribution < 1.29 is 0 Å². The van der Waals surface area contributed by atoms with Crippen molar-refractivity contribution in [3.8, 4) is 0 Å². The van der Waals surface area contributed by atoms with Gasteiger partial charge in [-0.3, -0.25) is 4.98 Å². The largest absolute Gasteiger partial charge is 0.355 e. The summed E-state index contributed by atoms with van der Waals surface area (Å²) in [5.74, 6) is 3.80. The minimum atomic E-state index is 0.842. The molecule has 4 heteroatoms. The molecule has 0 amide bonds. The van der Waals surface area contributed by atoms with Gasteiger partial charge in [-0.05, 0) is 43.6 Å². The molecule has 3 aliphatic rings. The van der Waals surface area contributed by atoms with Gasteiger partial charge in [0.1, 0.15) is 5.82 Å². The second kappa shape index (κ2) is 4.75. The topological polar surface area (TPSA) is 32.3 Å². The number of likely N-dealkylation sites (tertiary alicyclic amines) is 1. The van der Waals surface area contributed by atoms with Crippen LogP contribution in [0.1, 0.15) is 19.3 Å². The molecule has 0 N–H and O–H groups in total. The van der Waals surface area contributed by atoms with Crippen LogP contribution in [0, 0.1) is 17.8 Å². The Bertz CT molecular complexity index is 431. The minimum Gasteiger partial charge on any atom is -0.355 e. The third-order valence-electron chi connectivity index (χ3n) is 4.97. The van der Waals surface area contributed by atoms with E-state index in [1.165, 1.54) is 52.0 Å². The van der Waals surface area contributed by atoms with Crippen LogP contribution in [0.5, 0.6) is 0 Å². The Kier molecular flexibility index (Phi) is 2.91. The summed E-state index contributed by atoms with van der Waals surface area (Å²) in [4.78, 5) is 13.8. The van der Waals surface area contributed by atoms with Crippen LogP contribution in [0.25, 0.3) is 0 Å². The Morgan fingerprint density at radius 3 is 2.74 bits per heavy atom. The van der Waals surface area contributed by atoms with E-state index in [1.54, 1.807) is 12.4 Å². The fraction of sp³-hybridized carbons (Fsp3) is 0.733. The quantitative estimate of drug-likeness (QED) is 0.825. The third-order valence-corrected chi connectivity index (χ3v) is 4.97. The number of fused-ring (bicyclic) bond motifs is 1. The van der Waals surface area contributed by atoms with Crippen molar-refractivity contribution in [2.24, 2.45) is 17.8 Å². The van der Waals surface area contributed by atoms with E-state index < -0.39 is 0 Å². The highest BCUT2D eigenvalue weighted by Crippen LogP contribution is 2.36. The molecule has 1 aliphatic carbocycles. The Morgan fingerprint density at radius 1 is 1.05 bits per heavy atom. The number of rotatable bonds is 3. The van der Waals surface area contributed by atoms with Crippen molar-refractivity contribution >= 4 is 5.82 Å². The molecule has 19 heavy (non-hydrogen) atoms. The SMILES string of the molecule is c1cnc(N2C[C@H]3CN(CC4CC4)CC[C@H]3C2)cn1. The van der Waals surface area contributed by atoms with E-state index in [1.807, 2.05) is 6.20 Å². The molecule has 4 nitrogen and oxygen atoms in total. The maximum atomic E-state index is 4.45. The molecule has 1 saturated carbocycles. The average Bonchev–Trinajstić information content (AvgIpc) is 3.16. The van der Waals surface area contributed by atoms with E-state index in [-0.39, 0.29) is 0 Å². The second-order valence-corrected chi connectivity index (χ2v) is 6.48. The summed E-state index contributed by atoms with van der Waals surface area (Å²) in [7, 11) is 0. The highest BCUT2D eigenvalue weighted by atomic mass is 15.2. The van der Waals surface area contributed by atoms with Crippen molar-refractivity contribution in [2.45, 2.75) is 19.3 Å². The monoisotopic (exact) mass is 258 g/mol. The predicted molar refractivity (Wildman–Crippen MR) is 75.0 cm³/mol. The van der Waals surface area contributed by atoms with Crippen LogP contribution in [-0.2, 0) is 0 Å². The Morgan fingerprint density at radius 2 is 1.95 bits per heavy atom. The Hall–Kier alpha value is -1.16. The van der Waals surface area contributed by atoms with E-state index >= 15 is 0 Å². The van der Waals surface area contributed by atoms with Gasteiger partial charge >= 0.3 is 0 Å². The van der Waals surface area contributed by atoms with Gasteiger partial charge in [-0.2, -0.15) is 0 Å². The highest BCUT2D eigenvalue weighted by Gasteiger charge is 2.38. The molecule has 3 fully saturated rings. The molecule has 1 aromatic rings. The molecule has 3 heterocycles. The smallest absolute Gasteiger partial charge is 0.147 e. The van der Waals surface area contributed by atoms with Crippen LogP contribution in [0.3, 0.4) is 0 Å². The molecule has 0 spiro atoms. The van der Waals surface area contributed by atoms with Gasteiger partial charge < -0.3 is 9.80 Å². The standard InChI is InChI=1S/C15H22N4/c1-2-12(1)8-18-6-3-13-10-19(11-14(13)9-18)15-7-16-4-5-17-15/h4-5,7,12-14H,1-3,6,8-11H2/t13-,14+/m0/s1. The van der Waals surface area contributed by atoms with E-state index in [9.17, 15) is 0 Å². The number of anilines is 1. The minimum absolute atomic E-state index is 0.842. The van der Waals surface area contributed by atoms with Crippen LogP contribution in [0.2, 0.25) is 0 Å². The first-order valence-electron chi connectivity index (χ1n) is 7.62. The van der Waals surface area contributed by atoms with Gasteiger partial charge in [0, 0.05) is 38.6 Å². The fourth-order valence-electron chi connectivity index (χ4n) is 3.72. The molecule has 0 radical (unpaired) electrons. The Balaban J connectivity index is 1.40. The summed E-state index contributed by atoms with van der Waals surface area (Å²) in [5.41, 5.74) is 0. The van der Waals surface area contributed by atoms with Crippen LogP contribution in [0.4, 0.5) is 5.82 Å². The molecule has 0 bridgehead atoms. The first-order chi connectivity index (χ1) is 9.38. The summed E-state index contributed by atoms with van der Waals surface area (Å²) in [6.45, 7) is 6.32. The number of piperidine rings is 1. The van der Waals surface area contributed by atoms with Gasteiger partial charge in [-0.1, -0.05) is 0 Å². The summed E-state index contributed by atoms with van der Waals surface area (Å²) in [5, 5.41) is 0. The van der Waals surface area contributed by atoms with Crippen LogP contribution < -0.4 is 4.90 Å². The molecule has 102 valence electrons. The summed E-state index contributed by atoms with van der Waals surface area (Å²) in [6, 6.07) is 0. The first-order valence-corrected chi connectivity index (χ1v) is 7.62. The second-order valence-electron chi connectivity index (χ2n) is 6.48. The van der Waals surface area contributed by atoms with Gasteiger partial charge in [0.2, 0.25) is 0 Å². The number of aromatic nitrogens is 2. The van der Waals surface area contributed by atoms with Gasteiger partial charge in [0.15, 0.2) is 0 Å². The van der Waals surface area contributed by atoms with Crippen LogP contribution >= 0.6 is 0 Å². The van der Waals surface area contributed by atoms with Crippen molar-refractivity contribution in [1.82, 2.24) is 14.9 Å². The number of hydrogen-bond donors (Lipinski definition) is 0. The maximum Gasteiger partial charge on any atom is 0.147 e. The number of nitrogens with zero attached hydrogens (tertiary/aromatic N) is 4. The van der Waals surface area contributed by atoms with E-state index in [0.717, 1.165) is 23.6 Å². The lowest BCUT2D eigenvalue weighted by molar-refractivity contribution is 0.143. The van der Waals surface area contributed by atoms with E-state index in [0.29, 0.717) is 0 Å². The Labute approximate surface area is 114 Å². The van der Waals surface area contributed by atoms with Crippen LogP contribution in [-0.4, -0.2) is 47.6 Å². The molecule has 2 saturated heterocycles. The van der Waals surface area contributed by atoms with Crippen LogP contribution in [0.15, 0.2) is 18.6 Å². The molecule has 0 unspecified atom stereocenters. The molecule has 1 aromatic heterocycles. The summed E-state index contributed by atoms with van der Waals surface area (Å²) >= 11 is 0. The molecule has 0 aromatic carbocycles. The first kappa shape index (κ1) is 11.6. The molecular weight excluding hydrogens is 236 g/mol. The number of hydrogen-bond acceptors (Lipinski definition) is 4. The lowest BCUT2D eigenvalue weighted by Gasteiger charge is -2.34. The zero-order valence-corrected chi connectivity index (χ0v) is 11.4. The predicted octanol–water partition coefficient (Wildman–Crippen LogP) is 1.64. The van der Waals surface area contributed by atoms with E-state index in [4.69, 9.17) is 0 Å². The van der Waals surface area contributed by atoms with Gasteiger partial charge in [-0.25, -0.2) is 4.98 Å². The molecular formula is C15H22N4. The lowest BCUT2D eigenvalue weighted by Crippen LogP contribution is -2.40. The average molecular weight is 258 g/mol. The maximum absolute atomic E-state index is 4.45. The van der Waals surface area contributed by atoms with Gasteiger partial charge in [-0.15, -0.1) is 0 Å². The summed E-state index contributed by atoms with van der Waals surface area (Å²) < 4.78 is 0. The van der Waals surface area contributed by atoms with Crippen molar-refractivity contribution in [1.29, 1.82) is 0 Å². The van der Waals surface area contributed by atoms with Gasteiger partial charge in [0.25, 0.3) is 0 Å². The van der Waals surface area contributed by atoms with Crippen molar-refractivity contribution in [3.63, 3.8) is 0 Å². The van der Waals surface area contributed by atoms with E-state index in [2.05, 4.69) is 19.8 Å². The summed E-state index contributed by atoms with van der Waals surface area (Å²) in [6.07, 6.45) is 9.76. The fourth-order valence-corrected chi connectivity index (χ4v) is 3.72. The zero-order valence-electron chi connectivity index (χ0n) is 11.4. The van der Waals surface area contributed by atoms with Crippen molar-refractivity contribution in [2.75, 3.05) is 37.6 Å². The molecule has 2 atom stereocenters. The zero-order chi connectivity index (χ0) is 12.7. The van der Waals surface area contributed by atoms with Crippen molar-refractivity contribution in [3.05, 3.63) is 18.6 Å². The molecule has 2 aliphatic heterocycles. The van der Waals surface area contributed by atoms with Gasteiger partial charge in [0.05, 0.1) is 6.20 Å². The third kappa shape index (κ3) is 2.46.